The molecule has 2 aromatic heterocycles. The molecule has 3 N–H and O–H groups in total. The summed E-state index contributed by atoms with van der Waals surface area (Å²) in [6.45, 7) is 1.92. The number of H-pyrrole nitrogens is 2. The topological polar surface area (TPSA) is 76.8 Å². The van der Waals surface area contributed by atoms with Crippen molar-refractivity contribution in [2.45, 2.75) is 25.3 Å². The van der Waals surface area contributed by atoms with Crippen LogP contribution in [0.5, 0.6) is 0 Å². The number of nitrogens with zero attached hydrogens (tertiary/aromatic N) is 2. The summed E-state index contributed by atoms with van der Waals surface area (Å²) in [7, 11) is 2.18. The summed E-state index contributed by atoms with van der Waals surface area (Å²) in [6, 6.07) is 13.9. The smallest absolute Gasteiger partial charge is 0.261 e. The normalized spacial score (nSPS) is 17.2. The van der Waals surface area contributed by atoms with E-state index in [1.54, 1.807) is 6.07 Å². The number of rotatable bonds is 5. The molecule has 6 nitrogen and oxygen atoms in total. The van der Waals surface area contributed by atoms with Gasteiger partial charge in [-0.1, -0.05) is 23.7 Å². The first-order valence-corrected chi connectivity index (χ1v) is 10.7. The predicted molar refractivity (Wildman–Crippen MR) is 123 cm³/mol. The van der Waals surface area contributed by atoms with Crippen molar-refractivity contribution in [2.24, 2.45) is 0 Å². The molecule has 4 aromatic rings. The Bertz CT molecular complexity index is 1240. The number of aromatic amines is 2. The number of nitrogens with one attached hydrogen (secondary N) is 3. The van der Waals surface area contributed by atoms with Crippen molar-refractivity contribution < 1.29 is 0 Å². The fraction of sp³-hybridized carbons (Fsp3) is 0.304. The van der Waals surface area contributed by atoms with Gasteiger partial charge in [0.15, 0.2) is 0 Å². The Labute approximate surface area is 179 Å². The summed E-state index contributed by atoms with van der Waals surface area (Å²) in [5.41, 5.74) is 3.60. The van der Waals surface area contributed by atoms with Gasteiger partial charge in [-0.15, -0.1) is 0 Å². The van der Waals surface area contributed by atoms with Crippen molar-refractivity contribution in [3.05, 3.63) is 57.8 Å². The Kier molecular flexibility index (Phi) is 4.97. The van der Waals surface area contributed by atoms with Crippen LogP contribution in [0.25, 0.3) is 33.3 Å². The Hall–Kier alpha value is -2.83. The second-order valence-electron chi connectivity index (χ2n) is 7.99. The number of hydrogen-bond donors (Lipinski definition) is 3. The summed E-state index contributed by atoms with van der Waals surface area (Å²) >= 11 is 6.30. The monoisotopic (exact) mass is 421 g/mol. The third-order valence-corrected chi connectivity index (χ3v) is 6.29. The van der Waals surface area contributed by atoms with E-state index < -0.39 is 0 Å². The Morgan fingerprint density at radius 2 is 2.07 bits per heavy atom. The zero-order valence-corrected chi connectivity index (χ0v) is 17.6. The van der Waals surface area contributed by atoms with E-state index in [1.807, 2.05) is 36.4 Å². The van der Waals surface area contributed by atoms with Crippen molar-refractivity contribution in [1.82, 2.24) is 19.9 Å². The van der Waals surface area contributed by atoms with Crippen molar-refractivity contribution in [1.29, 1.82) is 0 Å². The van der Waals surface area contributed by atoms with Crippen LogP contribution in [0, 0.1) is 0 Å². The molecule has 1 saturated heterocycles. The van der Waals surface area contributed by atoms with Crippen molar-refractivity contribution in [2.75, 3.05) is 25.5 Å². The third-order valence-electron chi connectivity index (χ3n) is 6.05. The highest BCUT2D eigenvalue weighted by Gasteiger charge is 2.22. The van der Waals surface area contributed by atoms with Gasteiger partial charge in [-0.3, -0.25) is 4.79 Å². The number of imidazole rings is 1. The maximum Gasteiger partial charge on any atom is 0.261 e. The first-order chi connectivity index (χ1) is 14.6. The molecule has 0 saturated carbocycles. The van der Waals surface area contributed by atoms with Gasteiger partial charge in [0.25, 0.3) is 5.56 Å². The van der Waals surface area contributed by atoms with Crippen molar-refractivity contribution in [3.63, 3.8) is 0 Å². The molecular formula is C23H24ClN5O. The minimum atomic E-state index is -0.177. The standard InChI is InChI=1S/C23H24ClN5O/c1-29-12-4-5-15(29)10-11-25-21-16-13-14(24)8-9-17(16)28-23(30)20(21)22-26-18-6-2-3-7-19(18)27-22/h2-3,6-9,13,15H,4-5,10-12H2,1H3,(H,26,27)(H2,25,28,30). The average Bonchev–Trinajstić information content (AvgIpc) is 3.34. The molecule has 1 fully saturated rings. The number of likely N-dealkylation sites (tertiary alicyclic amines) is 1. The highest BCUT2D eigenvalue weighted by Crippen LogP contribution is 2.32. The zero-order valence-electron chi connectivity index (χ0n) is 16.8. The Balaban J connectivity index is 1.60. The van der Waals surface area contributed by atoms with E-state index in [0.29, 0.717) is 22.5 Å². The lowest BCUT2D eigenvalue weighted by Crippen LogP contribution is -2.27. The van der Waals surface area contributed by atoms with Crippen LogP contribution in [0.1, 0.15) is 19.3 Å². The summed E-state index contributed by atoms with van der Waals surface area (Å²) in [4.78, 5) is 26.5. The maximum absolute atomic E-state index is 13.1. The molecule has 0 amide bonds. The van der Waals surface area contributed by atoms with Crippen molar-refractivity contribution >= 4 is 39.2 Å². The fourth-order valence-corrected chi connectivity index (χ4v) is 4.63. The number of pyridine rings is 1. The number of anilines is 1. The summed E-state index contributed by atoms with van der Waals surface area (Å²) < 4.78 is 0. The molecule has 1 atom stereocenters. The number of halogens is 1. The number of para-hydroxylation sites is 2. The first-order valence-electron chi connectivity index (χ1n) is 10.3. The van der Waals surface area contributed by atoms with Gasteiger partial charge in [-0.25, -0.2) is 4.98 Å². The van der Waals surface area contributed by atoms with E-state index in [1.165, 1.54) is 12.8 Å². The Morgan fingerprint density at radius 3 is 2.87 bits per heavy atom. The molecule has 0 radical (unpaired) electrons. The lowest BCUT2D eigenvalue weighted by Gasteiger charge is -2.20. The summed E-state index contributed by atoms with van der Waals surface area (Å²) in [5, 5.41) is 5.06. The van der Waals surface area contributed by atoms with Gasteiger partial charge in [0.1, 0.15) is 11.4 Å². The second kappa shape index (κ2) is 7.78. The molecule has 0 spiro atoms. The largest absolute Gasteiger partial charge is 0.384 e. The summed E-state index contributed by atoms with van der Waals surface area (Å²) in [5.74, 6) is 0.555. The second-order valence-corrected chi connectivity index (χ2v) is 8.43. The minimum Gasteiger partial charge on any atom is -0.384 e. The zero-order chi connectivity index (χ0) is 20.7. The minimum absolute atomic E-state index is 0.177. The quantitative estimate of drug-likeness (QED) is 0.439. The number of fused-ring (bicyclic) bond motifs is 2. The molecule has 7 heteroatoms. The van der Waals surface area contributed by atoms with Crippen LogP contribution >= 0.6 is 11.6 Å². The van der Waals surface area contributed by atoms with Crippen LogP contribution in [-0.4, -0.2) is 46.0 Å². The molecule has 1 aliphatic rings. The Morgan fingerprint density at radius 1 is 1.20 bits per heavy atom. The highest BCUT2D eigenvalue weighted by molar-refractivity contribution is 6.31. The van der Waals surface area contributed by atoms with Crippen LogP contribution in [0.3, 0.4) is 0 Å². The molecule has 3 heterocycles. The van der Waals surface area contributed by atoms with Crippen LogP contribution in [0.4, 0.5) is 5.69 Å². The van der Waals surface area contributed by atoms with E-state index in [4.69, 9.17) is 11.6 Å². The molecule has 5 rings (SSSR count). The predicted octanol–water partition coefficient (Wildman–Crippen LogP) is 4.62. The SMILES string of the molecule is CN1CCCC1CCNc1c(-c2nc3ccccc3[nH]2)c(=O)[nH]c2ccc(Cl)cc12. The molecular weight excluding hydrogens is 398 g/mol. The molecule has 154 valence electrons. The third kappa shape index (κ3) is 3.46. The van der Waals surface area contributed by atoms with E-state index in [-0.39, 0.29) is 5.56 Å². The van der Waals surface area contributed by atoms with Crippen molar-refractivity contribution in [3.8, 4) is 11.4 Å². The van der Waals surface area contributed by atoms with E-state index >= 15 is 0 Å². The maximum atomic E-state index is 13.1. The van der Waals surface area contributed by atoms with Gasteiger partial charge < -0.3 is 20.2 Å². The molecule has 30 heavy (non-hydrogen) atoms. The van der Waals surface area contributed by atoms with Gasteiger partial charge in [-0.05, 0) is 63.2 Å². The molecule has 0 aliphatic carbocycles. The molecule has 1 unspecified atom stereocenters. The van der Waals surface area contributed by atoms with Gasteiger partial charge in [-0.2, -0.15) is 0 Å². The molecule has 0 bridgehead atoms. The lowest BCUT2D eigenvalue weighted by molar-refractivity contribution is 0.301. The number of benzene rings is 2. The highest BCUT2D eigenvalue weighted by atomic mass is 35.5. The first kappa shape index (κ1) is 19.2. The van der Waals surface area contributed by atoms with E-state index in [9.17, 15) is 4.79 Å². The molecule has 1 aliphatic heterocycles. The van der Waals surface area contributed by atoms with Gasteiger partial charge in [0, 0.05) is 23.0 Å². The average molecular weight is 422 g/mol. The van der Waals surface area contributed by atoms with Gasteiger partial charge in [0.2, 0.25) is 0 Å². The lowest BCUT2D eigenvalue weighted by atomic mass is 10.1. The van der Waals surface area contributed by atoms with E-state index in [0.717, 1.165) is 47.1 Å². The van der Waals surface area contributed by atoms with Crippen LogP contribution in [-0.2, 0) is 0 Å². The number of hydrogen-bond acceptors (Lipinski definition) is 4. The summed E-state index contributed by atoms with van der Waals surface area (Å²) in [6.07, 6.45) is 3.48. The number of aromatic nitrogens is 3. The van der Waals surface area contributed by atoms with E-state index in [2.05, 4.69) is 32.2 Å². The van der Waals surface area contributed by atoms with Gasteiger partial charge in [0.05, 0.1) is 22.2 Å². The van der Waals surface area contributed by atoms with Crippen LogP contribution in [0.2, 0.25) is 5.02 Å². The molecule has 2 aromatic carbocycles. The van der Waals surface area contributed by atoms with Crippen LogP contribution < -0.4 is 10.9 Å². The van der Waals surface area contributed by atoms with Crippen LogP contribution in [0.15, 0.2) is 47.3 Å². The fourth-order valence-electron chi connectivity index (χ4n) is 4.45. The van der Waals surface area contributed by atoms with Gasteiger partial charge >= 0.3 is 0 Å².